The molecule has 3 nitrogen and oxygen atoms in total. The second kappa shape index (κ2) is 4.21. The maximum atomic E-state index is 5.61. The minimum atomic E-state index is 0.510. The van der Waals surface area contributed by atoms with Gasteiger partial charge in [-0.05, 0) is 28.9 Å². The molecule has 0 aliphatic rings. The van der Waals surface area contributed by atoms with Crippen molar-refractivity contribution in [1.29, 1.82) is 0 Å². The zero-order chi connectivity index (χ0) is 8.97. The molecule has 0 aromatic carbocycles. The van der Waals surface area contributed by atoms with Gasteiger partial charge in [-0.3, -0.25) is 4.99 Å². The van der Waals surface area contributed by atoms with Gasteiger partial charge in [0.05, 0.1) is 0 Å². The standard InChI is InChI=1S/C8H10BrN3/c1-2-11-4-6-3-7(9)5-12-8(6)10/h3-5H,2H2,1H3,(H2,10,12). The Bertz CT molecular complexity index is 296. The number of anilines is 1. The van der Waals surface area contributed by atoms with E-state index in [0.717, 1.165) is 16.6 Å². The van der Waals surface area contributed by atoms with Crippen molar-refractivity contribution in [3.63, 3.8) is 0 Å². The molecule has 0 spiro atoms. The third-order valence-electron chi connectivity index (χ3n) is 1.33. The minimum Gasteiger partial charge on any atom is -0.383 e. The Morgan fingerprint density at radius 1 is 1.75 bits per heavy atom. The third kappa shape index (κ3) is 2.30. The van der Waals surface area contributed by atoms with E-state index in [1.807, 2.05) is 13.0 Å². The number of nitrogens with two attached hydrogens (primary N) is 1. The molecule has 4 heteroatoms. The lowest BCUT2D eigenvalue weighted by atomic mass is 10.3. The predicted octanol–water partition coefficient (Wildman–Crippen LogP) is 1.87. The second-order valence-corrected chi connectivity index (χ2v) is 3.17. The fraction of sp³-hybridized carbons (Fsp3) is 0.250. The highest BCUT2D eigenvalue weighted by Gasteiger charge is 1.96. The lowest BCUT2D eigenvalue weighted by molar-refractivity contribution is 1.14. The first-order valence-electron chi connectivity index (χ1n) is 3.65. The summed E-state index contributed by atoms with van der Waals surface area (Å²) in [7, 11) is 0. The Kier molecular flexibility index (Phi) is 3.22. The zero-order valence-corrected chi connectivity index (χ0v) is 8.37. The molecule has 0 radical (unpaired) electrons. The van der Waals surface area contributed by atoms with Crippen molar-refractivity contribution in [3.05, 3.63) is 22.3 Å². The normalized spacial score (nSPS) is 10.8. The van der Waals surface area contributed by atoms with Crippen molar-refractivity contribution in [2.75, 3.05) is 12.3 Å². The number of rotatable bonds is 2. The Morgan fingerprint density at radius 3 is 3.17 bits per heavy atom. The van der Waals surface area contributed by atoms with Crippen LogP contribution in [0.2, 0.25) is 0 Å². The zero-order valence-electron chi connectivity index (χ0n) is 6.79. The highest BCUT2D eigenvalue weighted by Crippen LogP contribution is 2.13. The number of aromatic nitrogens is 1. The average molecular weight is 228 g/mol. The lowest BCUT2D eigenvalue weighted by Crippen LogP contribution is -1.96. The molecule has 1 heterocycles. The summed E-state index contributed by atoms with van der Waals surface area (Å²) in [5.74, 6) is 0.510. The quantitative estimate of drug-likeness (QED) is 0.785. The van der Waals surface area contributed by atoms with Crippen LogP contribution in [0.15, 0.2) is 21.7 Å². The molecule has 64 valence electrons. The van der Waals surface area contributed by atoms with Crippen LogP contribution in [0.25, 0.3) is 0 Å². The van der Waals surface area contributed by atoms with E-state index < -0.39 is 0 Å². The average Bonchev–Trinajstić information content (AvgIpc) is 2.07. The molecule has 0 amide bonds. The monoisotopic (exact) mass is 227 g/mol. The number of hydrogen-bond donors (Lipinski definition) is 1. The summed E-state index contributed by atoms with van der Waals surface area (Å²) in [6.07, 6.45) is 3.39. The Morgan fingerprint density at radius 2 is 2.50 bits per heavy atom. The van der Waals surface area contributed by atoms with Crippen LogP contribution in [-0.2, 0) is 0 Å². The summed E-state index contributed by atoms with van der Waals surface area (Å²) >= 11 is 3.31. The van der Waals surface area contributed by atoms with E-state index in [1.165, 1.54) is 0 Å². The highest BCUT2D eigenvalue weighted by molar-refractivity contribution is 9.10. The number of nitrogen functional groups attached to an aromatic ring is 1. The summed E-state index contributed by atoms with van der Waals surface area (Å²) in [5.41, 5.74) is 6.46. The van der Waals surface area contributed by atoms with Gasteiger partial charge in [-0.2, -0.15) is 0 Å². The van der Waals surface area contributed by atoms with E-state index in [9.17, 15) is 0 Å². The molecule has 0 aliphatic carbocycles. The van der Waals surface area contributed by atoms with Crippen LogP contribution >= 0.6 is 15.9 Å². The van der Waals surface area contributed by atoms with Gasteiger partial charge in [0, 0.05) is 29.0 Å². The van der Waals surface area contributed by atoms with Crippen LogP contribution in [0.4, 0.5) is 5.82 Å². The van der Waals surface area contributed by atoms with Crippen LogP contribution in [0.3, 0.4) is 0 Å². The predicted molar refractivity (Wildman–Crippen MR) is 54.5 cm³/mol. The van der Waals surface area contributed by atoms with Gasteiger partial charge in [0.25, 0.3) is 0 Å². The molecule has 12 heavy (non-hydrogen) atoms. The second-order valence-electron chi connectivity index (χ2n) is 2.26. The molecular weight excluding hydrogens is 218 g/mol. The fourth-order valence-electron chi connectivity index (χ4n) is 0.759. The Balaban J connectivity index is 2.97. The summed E-state index contributed by atoms with van der Waals surface area (Å²) < 4.78 is 0.911. The van der Waals surface area contributed by atoms with Gasteiger partial charge < -0.3 is 5.73 Å². The van der Waals surface area contributed by atoms with E-state index in [0.29, 0.717) is 5.82 Å². The molecule has 0 bridgehead atoms. The Labute approximate surface area is 79.8 Å². The number of hydrogen-bond acceptors (Lipinski definition) is 3. The lowest BCUT2D eigenvalue weighted by Gasteiger charge is -1.98. The highest BCUT2D eigenvalue weighted by atomic mass is 79.9. The van der Waals surface area contributed by atoms with E-state index in [-0.39, 0.29) is 0 Å². The number of pyridine rings is 1. The third-order valence-corrected chi connectivity index (χ3v) is 1.76. The summed E-state index contributed by atoms with van der Waals surface area (Å²) in [6, 6.07) is 1.89. The molecular formula is C8H10BrN3. The molecule has 0 saturated carbocycles. The summed E-state index contributed by atoms with van der Waals surface area (Å²) in [4.78, 5) is 8.05. The molecule has 0 saturated heterocycles. The number of halogens is 1. The molecule has 0 unspecified atom stereocenters. The molecule has 0 atom stereocenters. The first-order chi connectivity index (χ1) is 5.74. The molecule has 2 N–H and O–H groups in total. The fourth-order valence-corrected chi connectivity index (χ4v) is 1.11. The molecule has 0 aliphatic heterocycles. The van der Waals surface area contributed by atoms with Crippen molar-refractivity contribution in [1.82, 2.24) is 4.98 Å². The van der Waals surface area contributed by atoms with Crippen molar-refractivity contribution < 1.29 is 0 Å². The smallest absolute Gasteiger partial charge is 0.132 e. The Hall–Kier alpha value is -0.900. The van der Waals surface area contributed by atoms with E-state index in [1.54, 1.807) is 12.4 Å². The largest absolute Gasteiger partial charge is 0.383 e. The first kappa shape index (κ1) is 9.19. The van der Waals surface area contributed by atoms with Crippen LogP contribution in [-0.4, -0.2) is 17.7 Å². The number of nitrogens with zero attached hydrogens (tertiary/aromatic N) is 2. The van der Waals surface area contributed by atoms with Crippen LogP contribution < -0.4 is 5.73 Å². The molecule has 1 rings (SSSR count). The van der Waals surface area contributed by atoms with Crippen molar-refractivity contribution in [2.45, 2.75) is 6.92 Å². The van der Waals surface area contributed by atoms with Gasteiger partial charge in [-0.15, -0.1) is 0 Å². The molecule has 1 aromatic heterocycles. The maximum absolute atomic E-state index is 5.61. The number of aliphatic imine (C=N–C) groups is 1. The van der Waals surface area contributed by atoms with Crippen molar-refractivity contribution in [3.8, 4) is 0 Å². The maximum Gasteiger partial charge on any atom is 0.132 e. The van der Waals surface area contributed by atoms with Crippen molar-refractivity contribution >= 4 is 28.0 Å². The van der Waals surface area contributed by atoms with Crippen LogP contribution in [0.5, 0.6) is 0 Å². The van der Waals surface area contributed by atoms with Crippen LogP contribution in [0.1, 0.15) is 12.5 Å². The molecule has 1 aromatic rings. The summed E-state index contributed by atoms with van der Waals surface area (Å²) in [6.45, 7) is 2.73. The van der Waals surface area contributed by atoms with Gasteiger partial charge in [-0.1, -0.05) is 0 Å². The van der Waals surface area contributed by atoms with Gasteiger partial charge in [-0.25, -0.2) is 4.98 Å². The van der Waals surface area contributed by atoms with E-state index >= 15 is 0 Å². The van der Waals surface area contributed by atoms with E-state index in [2.05, 4.69) is 25.9 Å². The first-order valence-corrected chi connectivity index (χ1v) is 4.44. The summed E-state index contributed by atoms with van der Waals surface area (Å²) in [5, 5.41) is 0. The van der Waals surface area contributed by atoms with Gasteiger partial charge in [0.2, 0.25) is 0 Å². The topological polar surface area (TPSA) is 51.3 Å². The van der Waals surface area contributed by atoms with Gasteiger partial charge in [0.1, 0.15) is 5.82 Å². The van der Waals surface area contributed by atoms with Gasteiger partial charge >= 0.3 is 0 Å². The van der Waals surface area contributed by atoms with E-state index in [4.69, 9.17) is 5.73 Å². The van der Waals surface area contributed by atoms with Gasteiger partial charge in [0.15, 0.2) is 0 Å². The van der Waals surface area contributed by atoms with Crippen LogP contribution in [0, 0.1) is 0 Å². The van der Waals surface area contributed by atoms with Crippen molar-refractivity contribution in [2.24, 2.45) is 4.99 Å². The minimum absolute atomic E-state index is 0.510. The SMILES string of the molecule is CCN=Cc1cc(Br)cnc1N. The molecule has 0 fully saturated rings.